The van der Waals surface area contributed by atoms with E-state index in [1.807, 2.05) is 49.4 Å². The van der Waals surface area contributed by atoms with Gasteiger partial charge in [0.05, 0.1) is 12.2 Å². The highest BCUT2D eigenvalue weighted by atomic mass is 16.5. The molecule has 0 saturated carbocycles. The molecule has 5 nitrogen and oxygen atoms in total. The topological polar surface area (TPSA) is 70.1 Å². The quantitative estimate of drug-likeness (QED) is 0.703. The van der Waals surface area contributed by atoms with Gasteiger partial charge < -0.3 is 10.5 Å². The van der Waals surface area contributed by atoms with E-state index in [2.05, 4.69) is 4.98 Å². The van der Waals surface area contributed by atoms with Gasteiger partial charge in [-0.1, -0.05) is 37.3 Å². The SMILES string of the molecule is CCc1nc(-c2ccccc2)cc(=O)n1CCOc1ccc(N)cc1. The highest BCUT2D eigenvalue weighted by Gasteiger charge is 2.09. The Labute approximate surface area is 146 Å². The molecule has 0 fully saturated rings. The largest absolute Gasteiger partial charge is 0.492 e. The third-order valence-corrected chi connectivity index (χ3v) is 3.94. The summed E-state index contributed by atoms with van der Waals surface area (Å²) in [6, 6.07) is 18.5. The van der Waals surface area contributed by atoms with Crippen LogP contribution in [0.25, 0.3) is 11.3 Å². The molecule has 1 aromatic heterocycles. The van der Waals surface area contributed by atoms with Crippen LogP contribution in [-0.2, 0) is 13.0 Å². The van der Waals surface area contributed by atoms with Crippen LogP contribution in [0.1, 0.15) is 12.7 Å². The second kappa shape index (κ2) is 7.66. The van der Waals surface area contributed by atoms with E-state index in [9.17, 15) is 4.79 Å². The number of hydrogen-bond acceptors (Lipinski definition) is 4. The highest BCUT2D eigenvalue weighted by molar-refractivity contribution is 5.58. The Kier molecular flexibility index (Phi) is 5.14. The molecule has 1 heterocycles. The second-order valence-corrected chi connectivity index (χ2v) is 5.68. The highest BCUT2D eigenvalue weighted by Crippen LogP contribution is 2.16. The van der Waals surface area contributed by atoms with E-state index < -0.39 is 0 Å². The number of aryl methyl sites for hydroxylation is 1. The maximum Gasteiger partial charge on any atom is 0.254 e. The van der Waals surface area contributed by atoms with Gasteiger partial charge in [-0.3, -0.25) is 9.36 Å². The van der Waals surface area contributed by atoms with Crippen LogP contribution >= 0.6 is 0 Å². The van der Waals surface area contributed by atoms with Crippen molar-refractivity contribution in [2.24, 2.45) is 0 Å². The van der Waals surface area contributed by atoms with Crippen LogP contribution in [0.15, 0.2) is 65.5 Å². The summed E-state index contributed by atoms with van der Waals surface area (Å²) >= 11 is 0. The molecule has 2 N–H and O–H groups in total. The van der Waals surface area contributed by atoms with Crippen LogP contribution < -0.4 is 16.0 Å². The van der Waals surface area contributed by atoms with Crippen LogP contribution in [0.2, 0.25) is 0 Å². The van der Waals surface area contributed by atoms with Crippen molar-refractivity contribution in [1.29, 1.82) is 0 Å². The zero-order chi connectivity index (χ0) is 17.6. The third kappa shape index (κ3) is 4.07. The van der Waals surface area contributed by atoms with Crippen molar-refractivity contribution in [3.8, 4) is 17.0 Å². The van der Waals surface area contributed by atoms with Crippen molar-refractivity contribution < 1.29 is 4.74 Å². The summed E-state index contributed by atoms with van der Waals surface area (Å²) in [6.07, 6.45) is 0.678. The van der Waals surface area contributed by atoms with Gasteiger partial charge in [-0.05, 0) is 24.3 Å². The van der Waals surface area contributed by atoms with Crippen LogP contribution in [-0.4, -0.2) is 16.2 Å². The maximum absolute atomic E-state index is 12.5. The minimum Gasteiger partial charge on any atom is -0.492 e. The van der Waals surface area contributed by atoms with E-state index in [0.717, 1.165) is 17.1 Å². The van der Waals surface area contributed by atoms with Crippen molar-refractivity contribution in [2.75, 3.05) is 12.3 Å². The first-order valence-electron chi connectivity index (χ1n) is 8.32. The zero-order valence-corrected chi connectivity index (χ0v) is 14.2. The molecule has 5 heteroatoms. The van der Waals surface area contributed by atoms with E-state index in [4.69, 9.17) is 10.5 Å². The van der Waals surface area contributed by atoms with Gasteiger partial charge in [-0.15, -0.1) is 0 Å². The van der Waals surface area contributed by atoms with Gasteiger partial charge in [0.15, 0.2) is 0 Å². The van der Waals surface area contributed by atoms with Gasteiger partial charge in [0, 0.05) is 23.7 Å². The summed E-state index contributed by atoms with van der Waals surface area (Å²) in [5, 5.41) is 0. The van der Waals surface area contributed by atoms with Crippen LogP contribution in [0.4, 0.5) is 5.69 Å². The number of benzene rings is 2. The predicted octanol–water partition coefficient (Wildman–Crippen LogP) is 3.13. The first-order chi connectivity index (χ1) is 12.2. The molecular formula is C20H21N3O2. The standard InChI is InChI=1S/C20H21N3O2/c1-2-19-22-18(15-6-4-3-5-7-15)14-20(24)23(19)12-13-25-17-10-8-16(21)9-11-17/h3-11,14H,2,12-13,21H2,1H3. The van der Waals surface area contributed by atoms with E-state index >= 15 is 0 Å². The monoisotopic (exact) mass is 335 g/mol. The fourth-order valence-corrected chi connectivity index (χ4v) is 2.64. The summed E-state index contributed by atoms with van der Waals surface area (Å²) in [7, 11) is 0. The Morgan fingerprint density at radius 3 is 2.48 bits per heavy atom. The molecule has 128 valence electrons. The Bertz CT molecular complexity index is 887. The fourth-order valence-electron chi connectivity index (χ4n) is 2.64. The van der Waals surface area contributed by atoms with Gasteiger partial charge in [-0.25, -0.2) is 4.98 Å². The van der Waals surface area contributed by atoms with Crippen molar-refractivity contribution in [3.63, 3.8) is 0 Å². The minimum absolute atomic E-state index is 0.0633. The number of anilines is 1. The lowest BCUT2D eigenvalue weighted by Gasteiger charge is -2.13. The molecule has 0 atom stereocenters. The molecule has 0 saturated heterocycles. The van der Waals surface area contributed by atoms with Crippen molar-refractivity contribution in [3.05, 3.63) is 76.8 Å². The summed E-state index contributed by atoms with van der Waals surface area (Å²) in [5.74, 6) is 1.49. The summed E-state index contributed by atoms with van der Waals surface area (Å²) in [4.78, 5) is 17.2. The molecule has 0 spiro atoms. The van der Waals surface area contributed by atoms with Crippen molar-refractivity contribution >= 4 is 5.69 Å². The van der Waals surface area contributed by atoms with Gasteiger partial charge >= 0.3 is 0 Å². The van der Waals surface area contributed by atoms with Crippen LogP contribution in [0.3, 0.4) is 0 Å². The van der Waals surface area contributed by atoms with E-state index in [1.165, 1.54) is 0 Å². The first-order valence-corrected chi connectivity index (χ1v) is 8.32. The molecule has 0 bridgehead atoms. The minimum atomic E-state index is -0.0633. The lowest BCUT2D eigenvalue weighted by Crippen LogP contribution is -2.27. The number of nitrogens with zero attached hydrogens (tertiary/aromatic N) is 2. The predicted molar refractivity (Wildman–Crippen MR) is 99.7 cm³/mol. The molecular weight excluding hydrogens is 314 g/mol. The maximum atomic E-state index is 12.5. The Morgan fingerprint density at radius 1 is 1.08 bits per heavy atom. The summed E-state index contributed by atoms with van der Waals surface area (Å²) in [6.45, 7) is 2.84. The van der Waals surface area contributed by atoms with E-state index in [-0.39, 0.29) is 5.56 Å². The normalized spacial score (nSPS) is 10.6. The van der Waals surface area contributed by atoms with Gasteiger partial charge in [0.25, 0.3) is 5.56 Å². The molecule has 0 unspecified atom stereocenters. The lowest BCUT2D eigenvalue weighted by molar-refractivity contribution is 0.293. The van der Waals surface area contributed by atoms with Crippen molar-refractivity contribution in [1.82, 2.24) is 9.55 Å². The Morgan fingerprint density at radius 2 is 1.80 bits per heavy atom. The molecule has 0 amide bonds. The van der Waals surface area contributed by atoms with Crippen LogP contribution in [0, 0.1) is 0 Å². The molecule has 0 aliphatic rings. The molecule has 0 radical (unpaired) electrons. The fraction of sp³-hybridized carbons (Fsp3) is 0.200. The van der Waals surface area contributed by atoms with Crippen molar-refractivity contribution in [2.45, 2.75) is 19.9 Å². The molecule has 0 aliphatic carbocycles. The number of ether oxygens (including phenoxy) is 1. The second-order valence-electron chi connectivity index (χ2n) is 5.68. The molecule has 25 heavy (non-hydrogen) atoms. The number of hydrogen-bond donors (Lipinski definition) is 1. The summed E-state index contributed by atoms with van der Waals surface area (Å²) < 4.78 is 7.36. The number of aromatic nitrogens is 2. The van der Waals surface area contributed by atoms with Gasteiger partial charge in [0.2, 0.25) is 0 Å². The number of nitrogens with two attached hydrogens (primary N) is 1. The third-order valence-electron chi connectivity index (χ3n) is 3.94. The Hall–Kier alpha value is -3.08. The molecule has 2 aromatic carbocycles. The van der Waals surface area contributed by atoms with Crippen LogP contribution in [0.5, 0.6) is 5.75 Å². The smallest absolute Gasteiger partial charge is 0.254 e. The van der Waals surface area contributed by atoms with Gasteiger partial charge in [-0.2, -0.15) is 0 Å². The molecule has 3 aromatic rings. The van der Waals surface area contributed by atoms with Gasteiger partial charge in [0.1, 0.15) is 18.2 Å². The average molecular weight is 335 g/mol. The number of nitrogen functional groups attached to an aromatic ring is 1. The van der Waals surface area contributed by atoms with E-state index in [0.29, 0.717) is 31.0 Å². The number of rotatable bonds is 6. The molecule has 0 aliphatic heterocycles. The van der Waals surface area contributed by atoms with E-state index in [1.54, 1.807) is 22.8 Å². The lowest BCUT2D eigenvalue weighted by atomic mass is 10.1. The first kappa shape index (κ1) is 16.8. The Balaban J connectivity index is 1.77. The zero-order valence-electron chi connectivity index (χ0n) is 14.2. The average Bonchev–Trinajstić information content (AvgIpc) is 2.65. The summed E-state index contributed by atoms with van der Waals surface area (Å²) in [5.41, 5.74) is 7.94. The molecule has 3 rings (SSSR count).